The first kappa shape index (κ1) is 16.3. The Kier molecular flexibility index (Phi) is 6.83. The number of carbonyl (C=O) groups excluding carboxylic acids is 2. The zero-order chi connectivity index (χ0) is 14.2. The lowest BCUT2D eigenvalue weighted by molar-refractivity contribution is -0.130. The summed E-state index contributed by atoms with van der Waals surface area (Å²) in [7, 11) is 1.43. The van der Waals surface area contributed by atoms with Crippen LogP contribution in [0.3, 0.4) is 0 Å². The number of carbonyl (C=O) groups is 2. The highest BCUT2D eigenvalue weighted by atomic mass is 16.6. The molecule has 0 aromatic rings. The molecule has 0 saturated heterocycles. The van der Waals surface area contributed by atoms with Crippen LogP contribution in [-0.2, 0) is 14.3 Å². The Hall–Kier alpha value is -1.74. The van der Waals surface area contributed by atoms with Crippen molar-refractivity contribution in [3.05, 3.63) is 0 Å². The van der Waals surface area contributed by atoms with Gasteiger partial charge in [0.2, 0.25) is 0 Å². The lowest BCUT2D eigenvalue weighted by atomic mass is 10.1. The van der Waals surface area contributed by atoms with Gasteiger partial charge in [-0.1, -0.05) is 0 Å². The number of rotatable bonds is 5. The maximum Gasteiger partial charge on any atom is 0.408 e. The first-order valence-corrected chi connectivity index (χ1v) is 5.49. The van der Waals surface area contributed by atoms with Crippen LogP contribution in [-0.4, -0.2) is 37.5 Å². The van der Waals surface area contributed by atoms with E-state index in [1.54, 1.807) is 20.8 Å². The smallest absolute Gasteiger partial charge is 0.408 e. The van der Waals surface area contributed by atoms with Gasteiger partial charge in [-0.3, -0.25) is 4.79 Å². The SMILES string of the molecule is C#CCC(OC(=O)NC(C)(C)C)C(=O)NCOC. The van der Waals surface area contributed by atoms with Crippen LogP contribution in [0.2, 0.25) is 0 Å². The van der Waals surface area contributed by atoms with Gasteiger partial charge in [-0.15, -0.1) is 12.3 Å². The van der Waals surface area contributed by atoms with E-state index in [2.05, 4.69) is 21.3 Å². The van der Waals surface area contributed by atoms with Crippen molar-refractivity contribution in [1.29, 1.82) is 0 Å². The number of nitrogens with one attached hydrogen (secondary N) is 2. The lowest BCUT2D eigenvalue weighted by Crippen LogP contribution is -2.45. The largest absolute Gasteiger partial charge is 0.435 e. The standard InChI is InChI=1S/C12H20N2O4/c1-6-7-9(10(15)13-8-17-5)18-11(16)14-12(2,3)4/h1,9H,7-8H2,2-5H3,(H,13,15)(H,14,16). The molecular formula is C12H20N2O4. The Morgan fingerprint density at radius 2 is 2.00 bits per heavy atom. The Bertz CT molecular complexity index is 328. The summed E-state index contributed by atoms with van der Waals surface area (Å²) >= 11 is 0. The Labute approximate surface area is 107 Å². The zero-order valence-corrected chi connectivity index (χ0v) is 11.2. The van der Waals surface area contributed by atoms with Crippen LogP contribution < -0.4 is 10.6 Å². The van der Waals surface area contributed by atoms with Gasteiger partial charge >= 0.3 is 6.09 Å². The van der Waals surface area contributed by atoms with Gasteiger partial charge in [-0.05, 0) is 20.8 Å². The molecule has 18 heavy (non-hydrogen) atoms. The number of alkyl carbamates (subject to hydrolysis) is 1. The number of hydrogen-bond donors (Lipinski definition) is 2. The van der Waals surface area contributed by atoms with E-state index in [0.717, 1.165) is 0 Å². The van der Waals surface area contributed by atoms with Crippen LogP contribution in [0.5, 0.6) is 0 Å². The van der Waals surface area contributed by atoms with E-state index < -0.39 is 23.6 Å². The molecular weight excluding hydrogens is 236 g/mol. The van der Waals surface area contributed by atoms with Crippen LogP contribution in [0.1, 0.15) is 27.2 Å². The van der Waals surface area contributed by atoms with E-state index in [4.69, 9.17) is 11.2 Å². The number of ether oxygens (including phenoxy) is 2. The minimum atomic E-state index is -1.02. The molecule has 0 fully saturated rings. The Morgan fingerprint density at radius 3 is 2.44 bits per heavy atom. The summed E-state index contributed by atoms with van der Waals surface area (Å²) in [5.74, 6) is 1.80. The molecule has 6 heteroatoms. The van der Waals surface area contributed by atoms with Gasteiger partial charge in [0.25, 0.3) is 5.91 Å². The van der Waals surface area contributed by atoms with Gasteiger partial charge in [0, 0.05) is 12.6 Å². The van der Waals surface area contributed by atoms with Crippen LogP contribution >= 0.6 is 0 Å². The molecule has 1 unspecified atom stereocenters. The first-order valence-electron chi connectivity index (χ1n) is 5.49. The molecule has 0 heterocycles. The molecule has 0 aliphatic rings. The van der Waals surface area contributed by atoms with E-state index >= 15 is 0 Å². The lowest BCUT2D eigenvalue weighted by Gasteiger charge is -2.22. The third-order valence-corrected chi connectivity index (χ3v) is 1.71. The van der Waals surface area contributed by atoms with E-state index in [1.165, 1.54) is 7.11 Å². The number of methoxy groups -OCH3 is 1. The summed E-state index contributed by atoms with van der Waals surface area (Å²) in [5, 5.41) is 5.00. The van der Waals surface area contributed by atoms with Gasteiger partial charge < -0.3 is 20.1 Å². The Balaban J connectivity index is 4.40. The monoisotopic (exact) mass is 256 g/mol. The second-order valence-corrected chi connectivity index (χ2v) is 4.65. The average Bonchev–Trinajstić information content (AvgIpc) is 2.22. The van der Waals surface area contributed by atoms with Crippen molar-refractivity contribution in [2.24, 2.45) is 0 Å². The van der Waals surface area contributed by atoms with Crippen molar-refractivity contribution in [3.63, 3.8) is 0 Å². The maximum absolute atomic E-state index is 11.6. The molecule has 0 aromatic heterocycles. The van der Waals surface area contributed by atoms with E-state index in [-0.39, 0.29) is 13.2 Å². The van der Waals surface area contributed by atoms with Crippen LogP contribution in [0, 0.1) is 12.3 Å². The maximum atomic E-state index is 11.6. The van der Waals surface area contributed by atoms with E-state index in [0.29, 0.717) is 0 Å². The van der Waals surface area contributed by atoms with Crippen molar-refractivity contribution in [3.8, 4) is 12.3 Å². The minimum absolute atomic E-state index is 0.00705. The third-order valence-electron chi connectivity index (χ3n) is 1.71. The quantitative estimate of drug-likeness (QED) is 0.558. The average molecular weight is 256 g/mol. The fourth-order valence-electron chi connectivity index (χ4n) is 1.02. The van der Waals surface area contributed by atoms with Gasteiger partial charge in [0.15, 0.2) is 6.10 Å². The molecule has 0 aliphatic heterocycles. The van der Waals surface area contributed by atoms with Gasteiger partial charge in [0.1, 0.15) is 6.73 Å². The molecule has 6 nitrogen and oxygen atoms in total. The number of terminal acetylenes is 1. The topological polar surface area (TPSA) is 76.7 Å². The molecule has 2 amide bonds. The summed E-state index contributed by atoms with van der Waals surface area (Å²) in [4.78, 5) is 23.1. The van der Waals surface area contributed by atoms with Crippen molar-refractivity contribution in [1.82, 2.24) is 10.6 Å². The fourth-order valence-corrected chi connectivity index (χ4v) is 1.02. The van der Waals surface area contributed by atoms with Crippen molar-refractivity contribution in [2.45, 2.75) is 38.8 Å². The van der Waals surface area contributed by atoms with Gasteiger partial charge in [0.05, 0.1) is 6.42 Å². The summed E-state index contributed by atoms with van der Waals surface area (Å²) in [6.45, 7) is 5.44. The van der Waals surface area contributed by atoms with E-state index in [9.17, 15) is 9.59 Å². The summed E-state index contributed by atoms with van der Waals surface area (Å²) in [5.41, 5.74) is -0.444. The highest BCUT2D eigenvalue weighted by molar-refractivity contribution is 5.83. The summed E-state index contributed by atoms with van der Waals surface area (Å²) in [6, 6.07) is 0. The van der Waals surface area contributed by atoms with Crippen LogP contribution in [0.15, 0.2) is 0 Å². The molecule has 0 aromatic carbocycles. The zero-order valence-electron chi connectivity index (χ0n) is 11.2. The predicted octanol–water partition coefficient (Wildman–Crippen LogP) is 0.623. The fraction of sp³-hybridized carbons (Fsp3) is 0.667. The van der Waals surface area contributed by atoms with Gasteiger partial charge in [-0.2, -0.15) is 0 Å². The second-order valence-electron chi connectivity index (χ2n) is 4.65. The van der Waals surface area contributed by atoms with Crippen LogP contribution in [0.25, 0.3) is 0 Å². The molecule has 0 spiro atoms. The molecule has 1 atom stereocenters. The van der Waals surface area contributed by atoms with Crippen LogP contribution in [0.4, 0.5) is 4.79 Å². The summed E-state index contributed by atoms with van der Waals surface area (Å²) in [6.07, 6.45) is 3.43. The second kappa shape index (κ2) is 7.56. The first-order chi connectivity index (χ1) is 8.30. The number of hydrogen-bond acceptors (Lipinski definition) is 4. The molecule has 0 aliphatic carbocycles. The minimum Gasteiger partial charge on any atom is -0.435 e. The van der Waals surface area contributed by atoms with Gasteiger partial charge in [-0.25, -0.2) is 4.79 Å². The molecule has 0 rings (SSSR count). The molecule has 102 valence electrons. The summed E-state index contributed by atoms with van der Waals surface area (Å²) < 4.78 is 9.65. The predicted molar refractivity (Wildman–Crippen MR) is 66.6 cm³/mol. The molecule has 0 radical (unpaired) electrons. The highest BCUT2D eigenvalue weighted by Crippen LogP contribution is 2.03. The van der Waals surface area contributed by atoms with Crippen molar-refractivity contribution in [2.75, 3.05) is 13.8 Å². The molecule has 0 saturated carbocycles. The normalized spacial score (nSPS) is 12.2. The highest BCUT2D eigenvalue weighted by Gasteiger charge is 2.24. The van der Waals surface area contributed by atoms with Crippen molar-refractivity contribution >= 4 is 12.0 Å². The third kappa shape index (κ3) is 7.52. The van der Waals surface area contributed by atoms with E-state index in [1.807, 2.05) is 0 Å². The number of amides is 2. The molecule has 0 bridgehead atoms. The molecule has 2 N–H and O–H groups in total. The van der Waals surface area contributed by atoms with Crippen molar-refractivity contribution < 1.29 is 19.1 Å². The Morgan fingerprint density at radius 1 is 1.39 bits per heavy atom.